The van der Waals surface area contributed by atoms with Gasteiger partial charge in [0, 0.05) is 45.4 Å². The van der Waals surface area contributed by atoms with E-state index in [4.69, 9.17) is 15.0 Å². The third kappa shape index (κ3) is 5.19. The van der Waals surface area contributed by atoms with Gasteiger partial charge in [-0.3, -0.25) is 9.97 Å². The number of para-hydroxylation sites is 2. The predicted octanol–water partition coefficient (Wildman–Crippen LogP) is 12.8. The summed E-state index contributed by atoms with van der Waals surface area (Å²) in [6.45, 7) is 0. The number of rotatable bonds is 5. The molecule has 0 saturated heterocycles. The number of fused-ring (bicyclic) bond motifs is 4. The van der Waals surface area contributed by atoms with E-state index in [1.807, 2.05) is 24.5 Å². The van der Waals surface area contributed by atoms with Crippen LogP contribution in [0.15, 0.2) is 188 Å². The Bertz CT molecular complexity index is 2560. The van der Waals surface area contributed by atoms with Crippen molar-refractivity contribution in [2.75, 3.05) is 0 Å². The van der Waals surface area contributed by atoms with Crippen molar-refractivity contribution >= 4 is 43.4 Å². The summed E-state index contributed by atoms with van der Waals surface area (Å²) in [6.07, 6.45) is 3.75. The van der Waals surface area contributed by atoms with Crippen LogP contribution in [0.5, 0.6) is 0 Å². The molecule has 242 valence electrons. The third-order valence-electron chi connectivity index (χ3n) is 10.1. The molecule has 3 nitrogen and oxygen atoms in total. The highest BCUT2D eigenvalue weighted by Crippen LogP contribution is 2.40. The second-order valence-electron chi connectivity index (χ2n) is 13.2. The molecule has 0 aliphatic carbocycles. The summed E-state index contributed by atoms with van der Waals surface area (Å²) < 4.78 is 0. The van der Waals surface area contributed by atoms with Gasteiger partial charge in [-0.1, -0.05) is 133 Å². The monoisotopic (exact) mass is 661 g/mol. The molecule has 0 amide bonds. The van der Waals surface area contributed by atoms with Crippen LogP contribution in [0.4, 0.5) is 0 Å². The van der Waals surface area contributed by atoms with E-state index in [0.717, 1.165) is 77.7 Å². The Morgan fingerprint density at radius 1 is 0.288 bits per heavy atom. The van der Waals surface area contributed by atoms with Gasteiger partial charge < -0.3 is 0 Å². The summed E-state index contributed by atoms with van der Waals surface area (Å²) in [5.74, 6) is 0. The maximum Gasteiger partial charge on any atom is 0.0780 e. The Morgan fingerprint density at radius 3 is 1.19 bits per heavy atom. The van der Waals surface area contributed by atoms with Gasteiger partial charge >= 0.3 is 0 Å². The zero-order valence-electron chi connectivity index (χ0n) is 28.2. The Hall–Kier alpha value is -6.97. The van der Waals surface area contributed by atoms with Crippen LogP contribution < -0.4 is 0 Å². The molecule has 10 rings (SSSR count). The van der Waals surface area contributed by atoms with Gasteiger partial charge in [-0.15, -0.1) is 0 Å². The number of nitrogens with zero attached hydrogens (tertiary/aromatic N) is 3. The van der Waals surface area contributed by atoms with Crippen LogP contribution in [-0.2, 0) is 0 Å². The van der Waals surface area contributed by atoms with Crippen LogP contribution >= 0.6 is 0 Å². The smallest absolute Gasteiger partial charge is 0.0780 e. The molecule has 7 aromatic carbocycles. The minimum Gasteiger partial charge on any atom is -0.256 e. The van der Waals surface area contributed by atoms with Crippen LogP contribution in [0, 0.1) is 0 Å². The van der Waals surface area contributed by atoms with Crippen LogP contribution in [0.3, 0.4) is 0 Å². The van der Waals surface area contributed by atoms with Gasteiger partial charge in [-0.2, -0.15) is 0 Å². The van der Waals surface area contributed by atoms with Crippen molar-refractivity contribution in [1.29, 1.82) is 0 Å². The topological polar surface area (TPSA) is 38.7 Å². The van der Waals surface area contributed by atoms with E-state index in [1.54, 1.807) is 0 Å². The molecule has 52 heavy (non-hydrogen) atoms. The number of aromatic nitrogens is 3. The van der Waals surface area contributed by atoms with Crippen molar-refractivity contribution in [2.45, 2.75) is 0 Å². The second-order valence-corrected chi connectivity index (χ2v) is 13.2. The minimum absolute atomic E-state index is 0.933. The molecule has 3 aromatic heterocycles. The number of pyridine rings is 3. The number of benzene rings is 7. The molecule has 0 radical (unpaired) electrons. The van der Waals surface area contributed by atoms with Gasteiger partial charge in [0.05, 0.1) is 22.4 Å². The first kappa shape index (κ1) is 29.9. The molecule has 3 heterocycles. The number of hydrogen-bond acceptors (Lipinski definition) is 3. The molecule has 0 aliphatic rings. The summed E-state index contributed by atoms with van der Waals surface area (Å²) >= 11 is 0. The molecule has 0 atom stereocenters. The number of hydrogen-bond donors (Lipinski definition) is 0. The fraction of sp³-hybridized carbons (Fsp3) is 0. The molecule has 0 fully saturated rings. The Kier molecular flexibility index (Phi) is 7.14. The molecule has 0 unspecified atom stereocenters. The molecule has 10 aromatic rings. The fourth-order valence-electron chi connectivity index (χ4n) is 7.65. The predicted molar refractivity (Wildman–Crippen MR) is 217 cm³/mol. The lowest BCUT2D eigenvalue weighted by molar-refractivity contribution is 1.33. The summed E-state index contributed by atoms with van der Waals surface area (Å²) in [6, 6.07) is 62.6. The molecule has 3 heteroatoms. The fourth-order valence-corrected chi connectivity index (χ4v) is 7.65. The van der Waals surface area contributed by atoms with Crippen molar-refractivity contribution < 1.29 is 0 Å². The van der Waals surface area contributed by atoms with E-state index >= 15 is 0 Å². The van der Waals surface area contributed by atoms with Crippen LogP contribution in [0.25, 0.3) is 99.2 Å². The van der Waals surface area contributed by atoms with E-state index in [1.165, 1.54) is 21.5 Å². The van der Waals surface area contributed by atoms with Crippen LogP contribution in [0.1, 0.15) is 0 Å². The Labute approximate surface area is 301 Å². The maximum absolute atomic E-state index is 5.42. The zero-order chi connectivity index (χ0) is 34.4. The van der Waals surface area contributed by atoms with E-state index in [2.05, 4.69) is 164 Å². The summed E-state index contributed by atoms with van der Waals surface area (Å²) in [5.41, 5.74) is 12.6. The lowest BCUT2D eigenvalue weighted by Gasteiger charge is -2.16. The van der Waals surface area contributed by atoms with Gasteiger partial charge in [0.25, 0.3) is 0 Å². The van der Waals surface area contributed by atoms with Gasteiger partial charge in [0.2, 0.25) is 0 Å². The molecule has 0 N–H and O–H groups in total. The van der Waals surface area contributed by atoms with Crippen molar-refractivity contribution in [3.8, 4) is 55.9 Å². The van der Waals surface area contributed by atoms with Crippen LogP contribution in [0.2, 0.25) is 0 Å². The molecule has 0 aliphatic heterocycles. The molecular weight excluding hydrogens is 631 g/mol. The van der Waals surface area contributed by atoms with Gasteiger partial charge in [-0.25, -0.2) is 4.98 Å². The van der Waals surface area contributed by atoms with Gasteiger partial charge in [0.1, 0.15) is 0 Å². The second kappa shape index (κ2) is 12.4. The Balaban J connectivity index is 1.28. The molecule has 0 spiro atoms. The SMILES string of the molecule is c1ccc2c(-c3cc(-c4cc(-c5cccc6cccnc56)cc(-c5cccc6cccnc56)c4)cc(-c4cccc5ccccc45)n3)cccc2c1. The molecule has 0 bridgehead atoms. The van der Waals surface area contributed by atoms with E-state index in [9.17, 15) is 0 Å². The van der Waals surface area contributed by atoms with E-state index in [0.29, 0.717) is 0 Å². The third-order valence-corrected chi connectivity index (χ3v) is 10.1. The normalized spacial score (nSPS) is 11.5. The molecule has 0 saturated carbocycles. The van der Waals surface area contributed by atoms with Gasteiger partial charge in [-0.05, 0) is 86.3 Å². The van der Waals surface area contributed by atoms with Crippen molar-refractivity contribution in [3.05, 3.63) is 188 Å². The lowest BCUT2D eigenvalue weighted by Crippen LogP contribution is -1.94. The molecular formula is C49H31N3. The summed E-state index contributed by atoms with van der Waals surface area (Å²) in [4.78, 5) is 15.1. The average Bonchev–Trinajstić information content (AvgIpc) is 3.22. The zero-order valence-corrected chi connectivity index (χ0v) is 28.2. The van der Waals surface area contributed by atoms with Gasteiger partial charge in [0.15, 0.2) is 0 Å². The van der Waals surface area contributed by atoms with Crippen LogP contribution in [-0.4, -0.2) is 15.0 Å². The van der Waals surface area contributed by atoms with Crippen molar-refractivity contribution in [1.82, 2.24) is 15.0 Å². The largest absolute Gasteiger partial charge is 0.256 e. The summed E-state index contributed by atoms with van der Waals surface area (Å²) in [5, 5.41) is 6.96. The first-order valence-corrected chi connectivity index (χ1v) is 17.6. The average molecular weight is 662 g/mol. The highest BCUT2D eigenvalue weighted by molar-refractivity contribution is 6.02. The minimum atomic E-state index is 0.933. The Morgan fingerprint density at radius 2 is 0.673 bits per heavy atom. The lowest BCUT2D eigenvalue weighted by atomic mass is 9.90. The van der Waals surface area contributed by atoms with E-state index in [-0.39, 0.29) is 0 Å². The highest BCUT2D eigenvalue weighted by atomic mass is 14.7. The maximum atomic E-state index is 5.42. The van der Waals surface area contributed by atoms with Crippen molar-refractivity contribution in [2.24, 2.45) is 0 Å². The first-order chi connectivity index (χ1) is 25.8. The van der Waals surface area contributed by atoms with E-state index < -0.39 is 0 Å². The summed E-state index contributed by atoms with van der Waals surface area (Å²) in [7, 11) is 0. The standard InChI is InChI=1S/C49H31N3/c1-3-19-40-32(11-1)13-5-23-44(40)46-30-37(31-47(52-46)45-24-6-14-33-12-2-4-20-41(33)45)36-27-38(42-21-7-15-34-17-9-25-50-48(34)42)29-39(28-36)43-22-8-16-35-18-10-26-51-49(35)43/h1-31H. The van der Waals surface area contributed by atoms with Crippen molar-refractivity contribution in [3.63, 3.8) is 0 Å². The first-order valence-electron chi connectivity index (χ1n) is 17.6. The highest BCUT2D eigenvalue weighted by Gasteiger charge is 2.16. The quantitative estimate of drug-likeness (QED) is 0.184.